The Hall–Kier alpha value is -0.0800. The van der Waals surface area contributed by atoms with Gasteiger partial charge in [0.2, 0.25) is 0 Å². The molecule has 1 aliphatic heterocycles. The highest BCUT2D eigenvalue weighted by Gasteiger charge is 2.34. The molecule has 1 unspecified atom stereocenters. The molecule has 2 nitrogen and oxygen atoms in total. The minimum atomic E-state index is -0.0397. The molecular weight excluding hydrogens is 174 g/mol. The van der Waals surface area contributed by atoms with E-state index in [1.807, 2.05) is 0 Å². The average Bonchev–Trinajstić information content (AvgIpc) is 2.64. The van der Waals surface area contributed by atoms with Crippen LogP contribution in [0.1, 0.15) is 51.9 Å². The molecule has 0 amide bonds. The van der Waals surface area contributed by atoms with Gasteiger partial charge in [0.15, 0.2) is 0 Å². The van der Waals surface area contributed by atoms with Crippen molar-refractivity contribution in [1.29, 1.82) is 0 Å². The Morgan fingerprint density at radius 3 is 2.64 bits per heavy atom. The molecule has 14 heavy (non-hydrogen) atoms. The summed E-state index contributed by atoms with van der Waals surface area (Å²) in [7, 11) is 0. The number of aliphatic hydroxyl groups is 1. The highest BCUT2D eigenvalue weighted by atomic mass is 16.3. The second kappa shape index (κ2) is 4.63. The van der Waals surface area contributed by atoms with E-state index in [4.69, 9.17) is 0 Å². The molecule has 0 bridgehead atoms. The molecule has 3 atom stereocenters. The number of hydrogen-bond acceptors (Lipinski definition) is 2. The first-order valence-corrected chi connectivity index (χ1v) is 6.26. The summed E-state index contributed by atoms with van der Waals surface area (Å²) in [5.41, 5.74) is 0. The van der Waals surface area contributed by atoms with Crippen molar-refractivity contribution in [2.45, 2.75) is 70.1 Å². The zero-order chi connectivity index (χ0) is 9.97. The molecule has 1 saturated heterocycles. The first-order chi connectivity index (χ1) is 6.83. The van der Waals surface area contributed by atoms with Crippen LogP contribution in [0.25, 0.3) is 0 Å². The molecule has 82 valence electrons. The zero-order valence-corrected chi connectivity index (χ0v) is 9.28. The first kappa shape index (κ1) is 10.4. The fourth-order valence-corrected chi connectivity index (χ4v) is 3.21. The van der Waals surface area contributed by atoms with Crippen molar-refractivity contribution in [3.8, 4) is 0 Å². The van der Waals surface area contributed by atoms with Gasteiger partial charge in [-0.2, -0.15) is 0 Å². The van der Waals surface area contributed by atoms with Gasteiger partial charge in [0.05, 0.1) is 6.10 Å². The monoisotopic (exact) mass is 197 g/mol. The second-order valence-electron chi connectivity index (χ2n) is 4.86. The van der Waals surface area contributed by atoms with Crippen LogP contribution in [-0.2, 0) is 0 Å². The minimum Gasteiger partial charge on any atom is -0.391 e. The standard InChI is InChI=1S/C12H23NO/c1-2-10-6-3-4-9-13(10)11-7-5-8-12(11)14/h10-12,14H,2-9H2,1H3/t10?,11-,12-/m0/s1. The number of likely N-dealkylation sites (tertiary alicyclic amines) is 1. The Bertz CT molecular complexity index is 183. The molecule has 1 aliphatic carbocycles. The Balaban J connectivity index is 1.99. The van der Waals surface area contributed by atoms with Crippen LogP contribution >= 0.6 is 0 Å². The van der Waals surface area contributed by atoms with Gasteiger partial charge >= 0.3 is 0 Å². The number of nitrogens with zero attached hydrogens (tertiary/aromatic N) is 1. The maximum absolute atomic E-state index is 9.91. The lowest BCUT2D eigenvalue weighted by atomic mass is 9.97. The van der Waals surface area contributed by atoms with E-state index in [-0.39, 0.29) is 6.10 Å². The molecule has 0 aromatic heterocycles. The third-order valence-electron chi connectivity index (χ3n) is 4.01. The highest BCUT2D eigenvalue weighted by Crippen LogP contribution is 2.30. The van der Waals surface area contributed by atoms with E-state index >= 15 is 0 Å². The van der Waals surface area contributed by atoms with Crippen molar-refractivity contribution < 1.29 is 5.11 Å². The number of rotatable bonds is 2. The molecule has 2 aliphatic rings. The van der Waals surface area contributed by atoms with Gasteiger partial charge in [-0.3, -0.25) is 4.90 Å². The molecule has 2 heteroatoms. The molecule has 1 heterocycles. The van der Waals surface area contributed by atoms with Gasteiger partial charge in [-0.05, 0) is 45.1 Å². The minimum absolute atomic E-state index is 0.0397. The first-order valence-electron chi connectivity index (χ1n) is 6.26. The Labute approximate surface area is 87.3 Å². The molecule has 2 fully saturated rings. The quantitative estimate of drug-likeness (QED) is 0.733. The Morgan fingerprint density at radius 1 is 1.14 bits per heavy atom. The summed E-state index contributed by atoms with van der Waals surface area (Å²) in [6, 6.07) is 1.24. The lowest BCUT2D eigenvalue weighted by molar-refractivity contribution is 0.0237. The van der Waals surface area contributed by atoms with E-state index in [1.165, 1.54) is 45.1 Å². The van der Waals surface area contributed by atoms with E-state index in [1.54, 1.807) is 0 Å². The summed E-state index contributed by atoms with van der Waals surface area (Å²) in [6.07, 6.45) is 8.75. The van der Waals surface area contributed by atoms with Crippen LogP contribution in [0.3, 0.4) is 0 Å². The van der Waals surface area contributed by atoms with Crippen molar-refractivity contribution >= 4 is 0 Å². The van der Waals surface area contributed by atoms with Crippen molar-refractivity contribution in [3.05, 3.63) is 0 Å². The fourth-order valence-electron chi connectivity index (χ4n) is 3.21. The van der Waals surface area contributed by atoms with Gasteiger partial charge in [-0.15, -0.1) is 0 Å². The van der Waals surface area contributed by atoms with Gasteiger partial charge in [0.1, 0.15) is 0 Å². The normalized spacial score (nSPS) is 40.3. The summed E-state index contributed by atoms with van der Waals surface area (Å²) < 4.78 is 0. The van der Waals surface area contributed by atoms with Gasteiger partial charge in [-0.1, -0.05) is 13.3 Å². The summed E-state index contributed by atoms with van der Waals surface area (Å²) >= 11 is 0. The molecule has 0 spiro atoms. The van der Waals surface area contributed by atoms with Crippen LogP contribution in [0.4, 0.5) is 0 Å². The Kier molecular flexibility index (Phi) is 3.45. The van der Waals surface area contributed by atoms with Gasteiger partial charge in [0, 0.05) is 12.1 Å². The fraction of sp³-hybridized carbons (Fsp3) is 1.00. The van der Waals surface area contributed by atoms with Crippen molar-refractivity contribution in [3.63, 3.8) is 0 Å². The van der Waals surface area contributed by atoms with Crippen LogP contribution in [0.2, 0.25) is 0 Å². The lowest BCUT2D eigenvalue weighted by Crippen LogP contribution is -2.49. The smallest absolute Gasteiger partial charge is 0.0695 e. The predicted molar refractivity (Wildman–Crippen MR) is 58.3 cm³/mol. The lowest BCUT2D eigenvalue weighted by Gasteiger charge is -2.40. The van der Waals surface area contributed by atoms with Crippen LogP contribution in [-0.4, -0.2) is 34.7 Å². The molecule has 0 aromatic rings. The molecule has 2 rings (SSSR count). The largest absolute Gasteiger partial charge is 0.391 e. The highest BCUT2D eigenvalue weighted by molar-refractivity contribution is 4.90. The third-order valence-corrected chi connectivity index (χ3v) is 4.01. The summed E-state index contributed by atoms with van der Waals surface area (Å²) in [6.45, 7) is 3.50. The maximum Gasteiger partial charge on any atom is 0.0695 e. The van der Waals surface area contributed by atoms with Crippen molar-refractivity contribution in [2.75, 3.05) is 6.54 Å². The average molecular weight is 197 g/mol. The van der Waals surface area contributed by atoms with E-state index in [9.17, 15) is 5.11 Å². The van der Waals surface area contributed by atoms with Crippen LogP contribution in [0.15, 0.2) is 0 Å². The van der Waals surface area contributed by atoms with Crippen LogP contribution in [0, 0.1) is 0 Å². The predicted octanol–water partition coefficient (Wildman–Crippen LogP) is 2.16. The van der Waals surface area contributed by atoms with E-state index < -0.39 is 0 Å². The Morgan fingerprint density at radius 2 is 2.00 bits per heavy atom. The number of piperidine rings is 1. The number of aliphatic hydroxyl groups excluding tert-OH is 1. The molecule has 1 N–H and O–H groups in total. The van der Waals surface area contributed by atoms with E-state index in [2.05, 4.69) is 11.8 Å². The molecule has 0 aromatic carbocycles. The molecular formula is C12H23NO. The summed E-state index contributed by atoms with van der Waals surface area (Å²) in [5, 5.41) is 9.91. The van der Waals surface area contributed by atoms with Crippen molar-refractivity contribution in [1.82, 2.24) is 4.90 Å². The topological polar surface area (TPSA) is 23.5 Å². The van der Waals surface area contributed by atoms with Gasteiger partial charge in [0.25, 0.3) is 0 Å². The van der Waals surface area contributed by atoms with Crippen LogP contribution < -0.4 is 0 Å². The second-order valence-corrected chi connectivity index (χ2v) is 4.86. The zero-order valence-electron chi connectivity index (χ0n) is 9.28. The molecule has 1 saturated carbocycles. The summed E-state index contributed by atoms with van der Waals surface area (Å²) in [4.78, 5) is 2.60. The van der Waals surface area contributed by atoms with E-state index in [0.29, 0.717) is 6.04 Å². The maximum atomic E-state index is 9.91. The van der Waals surface area contributed by atoms with Gasteiger partial charge < -0.3 is 5.11 Å². The van der Waals surface area contributed by atoms with Gasteiger partial charge in [-0.25, -0.2) is 0 Å². The van der Waals surface area contributed by atoms with Crippen LogP contribution in [0.5, 0.6) is 0 Å². The number of hydrogen-bond donors (Lipinski definition) is 1. The molecule has 0 radical (unpaired) electrons. The third kappa shape index (κ3) is 1.96. The summed E-state index contributed by atoms with van der Waals surface area (Å²) in [5.74, 6) is 0. The van der Waals surface area contributed by atoms with E-state index in [0.717, 1.165) is 12.5 Å². The SMILES string of the molecule is CCC1CCCCN1[C@H]1CCC[C@@H]1O. The van der Waals surface area contributed by atoms with Crippen molar-refractivity contribution in [2.24, 2.45) is 0 Å².